The molecule has 20 heavy (non-hydrogen) atoms. The van der Waals surface area contributed by atoms with Gasteiger partial charge in [0.05, 0.1) is 16.7 Å². The highest BCUT2D eigenvalue weighted by atomic mass is 79.9. The molecule has 6 heteroatoms. The van der Waals surface area contributed by atoms with Gasteiger partial charge in [0, 0.05) is 12.6 Å². The van der Waals surface area contributed by atoms with Crippen LogP contribution < -0.4 is 14.8 Å². The topological polar surface area (TPSA) is 56.5 Å². The summed E-state index contributed by atoms with van der Waals surface area (Å²) in [5.41, 5.74) is 2.02. The number of ether oxygens (including phenoxy) is 2. The fraction of sp³-hybridized carbons (Fsp3) is 0.357. The van der Waals surface area contributed by atoms with E-state index in [0.717, 1.165) is 39.5 Å². The first-order valence-electron chi connectivity index (χ1n) is 6.43. The summed E-state index contributed by atoms with van der Waals surface area (Å²) >= 11 is 3.51. The van der Waals surface area contributed by atoms with Gasteiger partial charge in [0.1, 0.15) is 13.2 Å². The fourth-order valence-corrected chi connectivity index (χ4v) is 2.70. The Morgan fingerprint density at radius 1 is 1.20 bits per heavy atom. The van der Waals surface area contributed by atoms with Crippen molar-refractivity contribution in [2.75, 3.05) is 13.2 Å². The van der Waals surface area contributed by atoms with E-state index in [9.17, 15) is 0 Å². The molecule has 0 unspecified atom stereocenters. The van der Waals surface area contributed by atoms with E-state index >= 15 is 0 Å². The first-order chi connectivity index (χ1) is 9.72. The van der Waals surface area contributed by atoms with E-state index in [1.165, 1.54) is 0 Å². The third kappa shape index (κ3) is 2.96. The minimum absolute atomic E-state index is 0.591. The number of benzene rings is 1. The van der Waals surface area contributed by atoms with E-state index in [1.54, 1.807) is 0 Å². The molecule has 106 valence electrons. The molecule has 0 spiro atoms. The van der Waals surface area contributed by atoms with Crippen LogP contribution in [0.15, 0.2) is 27.2 Å². The second-order valence-electron chi connectivity index (χ2n) is 4.64. The number of aryl methyl sites for hydroxylation is 1. The summed E-state index contributed by atoms with van der Waals surface area (Å²) in [6, 6.07) is 5.96. The van der Waals surface area contributed by atoms with Gasteiger partial charge in [-0.25, -0.2) is 0 Å². The summed E-state index contributed by atoms with van der Waals surface area (Å²) in [4.78, 5) is 0. The molecule has 3 rings (SSSR count). The average Bonchev–Trinajstić information content (AvgIpc) is 2.85. The smallest absolute Gasteiger partial charge is 0.175 e. The summed E-state index contributed by atoms with van der Waals surface area (Å²) in [5, 5.41) is 7.17. The van der Waals surface area contributed by atoms with Crippen LogP contribution in [0.25, 0.3) is 0 Å². The van der Waals surface area contributed by atoms with Gasteiger partial charge in [-0.3, -0.25) is 0 Å². The second kappa shape index (κ2) is 5.85. The Morgan fingerprint density at radius 2 is 2.05 bits per heavy atom. The van der Waals surface area contributed by atoms with Crippen LogP contribution in [-0.2, 0) is 13.1 Å². The third-order valence-corrected chi connectivity index (χ3v) is 3.55. The summed E-state index contributed by atoms with van der Waals surface area (Å²) in [5.74, 6) is 2.41. The van der Waals surface area contributed by atoms with E-state index in [1.807, 2.05) is 25.1 Å². The van der Waals surface area contributed by atoms with E-state index in [2.05, 4.69) is 26.4 Å². The molecule has 1 N–H and O–H groups in total. The highest BCUT2D eigenvalue weighted by Crippen LogP contribution is 2.38. The zero-order valence-corrected chi connectivity index (χ0v) is 12.7. The number of rotatable bonds is 4. The summed E-state index contributed by atoms with van der Waals surface area (Å²) < 4.78 is 17.2. The minimum atomic E-state index is 0.591. The van der Waals surface area contributed by atoms with E-state index in [0.29, 0.717) is 19.8 Å². The lowest BCUT2D eigenvalue weighted by Gasteiger charge is -2.20. The molecule has 2 heterocycles. The zero-order valence-electron chi connectivity index (χ0n) is 11.1. The molecule has 0 amide bonds. The molecule has 0 aliphatic carbocycles. The third-order valence-electron chi connectivity index (χ3n) is 2.96. The van der Waals surface area contributed by atoms with Crippen molar-refractivity contribution in [1.29, 1.82) is 0 Å². The van der Waals surface area contributed by atoms with Crippen molar-refractivity contribution >= 4 is 15.9 Å². The highest BCUT2D eigenvalue weighted by Gasteiger charge is 2.16. The fourth-order valence-electron chi connectivity index (χ4n) is 2.10. The van der Waals surface area contributed by atoms with Crippen molar-refractivity contribution in [2.45, 2.75) is 20.0 Å². The van der Waals surface area contributed by atoms with Crippen LogP contribution in [0.5, 0.6) is 11.5 Å². The first-order valence-corrected chi connectivity index (χ1v) is 7.22. The number of halogens is 1. The van der Waals surface area contributed by atoms with Crippen LogP contribution in [0.4, 0.5) is 0 Å². The van der Waals surface area contributed by atoms with Gasteiger partial charge in [0.25, 0.3) is 0 Å². The van der Waals surface area contributed by atoms with E-state index in [4.69, 9.17) is 14.0 Å². The molecular weight excluding hydrogens is 324 g/mol. The molecule has 2 aromatic rings. The summed E-state index contributed by atoms with van der Waals surface area (Å²) in [6.45, 7) is 4.45. The molecule has 0 radical (unpaired) electrons. The normalized spacial score (nSPS) is 13.5. The number of fused-ring (bicyclic) bond motifs is 1. The second-order valence-corrected chi connectivity index (χ2v) is 5.49. The highest BCUT2D eigenvalue weighted by molar-refractivity contribution is 9.10. The van der Waals surface area contributed by atoms with Gasteiger partial charge < -0.3 is 19.3 Å². The Labute approximate surface area is 125 Å². The Hall–Kier alpha value is -1.53. The van der Waals surface area contributed by atoms with Crippen molar-refractivity contribution < 1.29 is 14.0 Å². The molecule has 0 saturated heterocycles. The predicted octanol–water partition coefficient (Wildman–Crippen LogP) is 2.81. The molecule has 0 saturated carbocycles. The van der Waals surface area contributed by atoms with Gasteiger partial charge in [0.2, 0.25) is 0 Å². The molecule has 5 nitrogen and oxygen atoms in total. The van der Waals surface area contributed by atoms with Crippen LogP contribution in [0.1, 0.15) is 17.0 Å². The van der Waals surface area contributed by atoms with Crippen LogP contribution in [0.2, 0.25) is 0 Å². The van der Waals surface area contributed by atoms with Gasteiger partial charge in [-0.2, -0.15) is 0 Å². The SMILES string of the molecule is Cc1cc(CNCc2cc(Br)c3c(c2)OCCO3)on1. The van der Waals surface area contributed by atoms with Crippen molar-refractivity contribution in [3.63, 3.8) is 0 Å². The van der Waals surface area contributed by atoms with Gasteiger partial charge in [0.15, 0.2) is 17.3 Å². The molecule has 0 bridgehead atoms. The van der Waals surface area contributed by atoms with Crippen molar-refractivity contribution in [3.05, 3.63) is 39.7 Å². The van der Waals surface area contributed by atoms with Crippen molar-refractivity contribution in [3.8, 4) is 11.5 Å². The Kier molecular flexibility index (Phi) is 3.93. The molecule has 0 atom stereocenters. The molecular formula is C14H15BrN2O3. The summed E-state index contributed by atoms with van der Waals surface area (Å²) in [7, 11) is 0. The Balaban J connectivity index is 1.64. The van der Waals surface area contributed by atoms with E-state index in [-0.39, 0.29) is 0 Å². The van der Waals surface area contributed by atoms with Gasteiger partial charge in [-0.1, -0.05) is 5.16 Å². The number of aromatic nitrogens is 1. The summed E-state index contributed by atoms with van der Waals surface area (Å²) in [6.07, 6.45) is 0. The van der Waals surface area contributed by atoms with Crippen LogP contribution in [0, 0.1) is 6.92 Å². The van der Waals surface area contributed by atoms with Crippen LogP contribution in [-0.4, -0.2) is 18.4 Å². The molecule has 1 aromatic carbocycles. The average molecular weight is 339 g/mol. The quantitative estimate of drug-likeness (QED) is 0.928. The van der Waals surface area contributed by atoms with Gasteiger partial charge in [-0.05, 0) is 40.5 Å². The first kappa shape index (κ1) is 13.5. The van der Waals surface area contributed by atoms with Crippen molar-refractivity contribution in [1.82, 2.24) is 10.5 Å². The lowest BCUT2D eigenvalue weighted by Crippen LogP contribution is -2.17. The van der Waals surface area contributed by atoms with Gasteiger partial charge in [-0.15, -0.1) is 0 Å². The maximum absolute atomic E-state index is 5.60. The maximum atomic E-state index is 5.60. The maximum Gasteiger partial charge on any atom is 0.175 e. The number of hydrogen-bond donors (Lipinski definition) is 1. The largest absolute Gasteiger partial charge is 0.486 e. The van der Waals surface area contributed by atoms with E-state index < -0.39 is 0 Å². The molecule has 1 aliphatic rings. The molecule has 1 aromatic heterocycles. The standard InChI is InChI=1S/C14H15BrN2O3/c1-9-4-11(20-17-9)8-16-7-10-5-12(15)14-13(6-10)18-2-3-19-14/h4-6,16H,2-3,7-8H2,1H3. The lowest BCUT2D eigenvalue weighted by molar-refractivity contribution is 0.170. The Bertz CT molecular complexity index is 612. The minimum Gasteiger partial charge on any atom is -0.486 e. The number of hydrogen-bond acceptors (Lipinski definition) is 5. The molecule has 0 fully saturated rings. The lowest BCUT2D eigenvalue weighted by atomic mass is 10.2. The molecule has 1 aliphatic heterocycles. The van der Waals surface area contributed by atoms with Crippen molar-refractivity contribution in [2.24, 2.45) is 0 Å². The number of nitrogens with zero attached hydrogens (tertiary/aromatic N) is 1. The van der Waals surface area contributed by atoms with Gasteiger partial charge >= 0.3 is 0 Å². The van der Waals surface area contributed by atoms with Crippen LogP contribution >= 0.6 is 15.9 Å². The van der Waals surface area contributed by atoms with Crippen LogP contribution in [0.3, 0.4) is 0 Å². The monoisotopic (exact) mass is 338 g/mol. The Morgan fingerprint density at radius 3 is 2.85 bits per heavy atom. The predicted molar refractivity (Wildman–Crippen MR) is 76.9 cm³/mol. The number of nitrogens with one attached hydrogen (secondary N) is 1. The zero-order chi connectivity index (χ0) is 13.9.